The summed E-state index contributed by atoms with van der Waals surface area (Å²) in [6.45, 7) is -3.05. The lowest BCUT2D eigenvalue weighted by atomic mass is 9.90. The van der Waals surface area contributed by atoms with Gasteiger partial charge in [-0.15, -0.1) is 11.3 Å². The van der Waals surface area contributed by atoms with E-state index in [-0.39, 0.29) is 23.7 Å². The maximum atomic E-state index is 14.0. The van der Waals surface area contributed by atoms with E-state index in [1.54, 1.807) is 16.5 Å². The highest BCUT2D eigenvalue weighted by molar-refractivity contribution is 7.11. The maximum Gasteiger partial charge on any atom is 0.407 e. The number of thiazole rings is 1. The minimum absolute atomic E-state index is 0.0481. The first kappa shape index (κ1) is 26.7. The number of ether oxygens (including phenoxy) is 2. The van der Waals surface area contributed by atoms with Gasteiger partial charge in [0.1, 0.15) is 11.9 Å². The van der Waals surface area contributed by atoms with Crippen LogP contribution in [0, 0.1) is 5.82 Å². The predicted molar refractivity (Wildman–Crippen MR) is 135 cm³/mol. The van der Waals surface area contributed by atoms with E-state index in [1.165, 1.54) is 36.6 Å². The van der Waals surface area contributed by atoms with Crippen LogP contribution in [0.15, 0.2) is 52.7 Å². The van der Waals surface area contributed by atoms with Gasteiger partial charge in [-0.25, -0.2) is 23.6 Å². The number of hydrogen-bond acceptors (Lipinski definition) is 9. The smallest absolute Gasteiger partial charge is 0.407 e. The fourth-order valence-corrected chi connectivity index (χ4v) is 5.62. The van der Waals surface area contributed by atoms with E-state index in [1.807, 2.05) is 0 Å². The quantitative estimate of drug-likeness (QED) is 0.430. The largest absolute Gasteiger partial charge is 0.467 e. The van der Waals surface area contributed by atoms with E-state index in [9.17, 15) is 22.8 Å². The number of methoxy groups -OCH3 is 2. The highest BCUT2D eigenvalue weighted by atomic mass is 35.5. The van der Waals surface area contributed by atoms with E-state index in [0.717, 1.165) is 19.4 Å². The standard InChI is InChI=1S/C24H20ClF3N6O4S/c1-37-21(35)24(31-23(36)38-2)10-16-17(15-5-7-34(32-15)22(27)28)18(13-4-3-12(26)9-14(13)25)30-19(33(16)11-24)20-29-6-8-39-20/h3-9,18,22H,10-11H2,1-2H3,(H,31,36)/t18-,24+/m0/s1. The molecule has 0 spiro atoms. The Balaban J connectivity index is 1.78. The molecule has 0 bridgehead atoms. The number of nitrogens with one attached hydrogen (secondary N) is 1. The zero-order valence-corrected chi connectivity index (χ0v) is 22.0. The van der Waals surface area contributed by atoms with Crippen LogP contribution in [0.5, 0.6) is 0 Å². The average Bonchev–Trinajstić information content (AvgIpc) is 3.68. The number of hydrogen-bond donors (Lipinski definition) is 1. The van der Waals surface area contributed by atoms with Gasteiger partial charge in [-0.3, -0.25) is 4.99 Å². The number of aliphatic imine (C=N–C) groups is 1. The van der Waals surface area contributed by atoms with Crippen LogP contribution in [0.3, 0.4) is 0 Å². The first-order chi connectivity index (χ1) is 18.7. The Bertz CT molecular complexity index is 1490. The molecular formula is C24H20ClF3N6O4S. The molecular weight excluding hydrogens is 561 g/mol. The number of aromatic nitrogens is 3. The summed E-state index contributed by atoms with van der Waals surface area (Å²) in [6, 6.07) is 4.20. The van der Waals surface area contributed by atoms with Crippen molar-refractivity contribution in [1.82, 2.24) is 25.0 Å². The van der Waals surface area contributed by atoms with Crippen molar-refractivity contribution in [1.29, 1.82) is 0 Å². The number of amidine groups is 1. The summed E-state index contributed by atoms with van der Waals surface area (Å²) in [5, 5.41) is 8.89. The Morgan fingerprint density at radius 1 is 1.26 bits per heavy atom. The van der Waals surface area contributed by atoms with Crippen molar-refractivity contribution in [2.24, 2.45) is 4.99 Å². The minimum atomic E-state index is -2.91. The van der Waals surface area contributed by atoms with Gasteiger partial charge in [0, 0.05) is 46.1 Å². The molecule has 0 aliphatic carbocycles. The van der Waals surface area contributed by atoms with Gasteiger partial charge in [0.25, 0.3) is 0 Å². The molecule has 0 saturated carbocycles. The molecule has 1 amide bonds. The van der Waals surface area contributed by atoms with Crippen LogP contribution in [0.4, 0.5) is 18.0 Å². The van der Waals surface area contributed by atoms with Crippen LogP contribution >= 0.6 is 22.9 Å². The summed E-state index contributed by atoms with van der Waals surface area (Å²) >= 11 is 7.73. The van der Waals surface area contributed by atoms with Crippen LogP contribution in [-0.2, 0) is 14.3 Å². The van der Waals surface area contributed by atoms with E-state index in [4.69, 9.17) is 26.1 Å². The Hall–Kier alpha value is -3.91. The van der Waals surface area contributed by atoms with Crippen LogP contribution in [-0.4, -0.2) is 63.9 Å². The number of fused-ring (bicyclic) bond motifs is 1. The summed E-state index contributed by atoms with van der Waals surface area (Å²) in [4.78, 5) is 36.4. The highest BCUT2D eigenvalue weighted by Gasteiger charge is 2.54. The van der Waals surface area contributed by atoms with Gasteiger partial charge in [0.15, 0.2) is 16.4 Å². The molecule has 0 unspecified atom stereocenters. The van der Waals surface area contributed by atoms with Gasteiger partial charge in [0.2, 0.25) is 0 Å². The molecule has 39 heavy (non-hydrogen) atoms. The second-order valence-electron chi connectivity index (χ2n) is 8.63. The molecule has 1 N–H and O–H groups in total. The Kier molecular flexibility index (Phi) is 7.07. The molecule has 204 valence electrons. The van der Waals surface area contributed by atoms with Crippen molar-refractivity contribution in [2.45, 2.75) is 24.6 Å². The number of benzene rings is 1. The summed E-state index contributed by atoms with van der Waals surface area (Å²) < 4.78 is 51.3. The lowest BCUT2D eigenvalue weighted by molar-refractivity contribution is -0.147. The Morgan fingerprint density at radius 2 is 2.05 bits per heavy atom. The number of nitrogens with zero attached hydrogens (tertiary/aromatic N) is 5. The summed E-state index contributed by atoms with van der Waals surface area (Å²) in [6.07, 6.45) is 1.67. The number of alkyl carbamates (subject to hydrolysis) is 1. The number of carbonyl (C=O) groups is 2. The Morgan fingerprint density at radius 3 is 2.67 bits per heavy atom. The molecule has 15 heteroatoms. The van der Waals surface area contributed by atoms with E-state index in [0.29, 0.717) is 32.4 Å². The molecule has 1 aromatic carbocycles. The SMILES string of the molecule is COC(=O)N[C@]1(C(=O)OC)CC2=C(c3ccn(C(F)F)n3)[C@H](c3ccc(F)cc3Cl)N=C(c3nccs3)N2C1. The summed E-state index contributed by atoms with van der Waals surface area (Å²) in [7, 11) is 2.33. The number of carbonyl (C=O) groups excluding carboxylic acids is 2. The number of esters is 1. The van der Waals surface area contributed by atoms with Crippen molar-refractivity contribution in [3.8, 4) is 0 Å². The molecule has 3 aromatic rings. The third-order valence-corrected chi connectivity index (χ3v) is 7.48. The third-order valence-electron chi connectivity index (χ3n) is 6.38. The fraction of sp³-hybridized carbons (Fsp3) is 0.292. The van der Waals surface area contributed by atoms with Crippen LogP contribution in [0.1, 0.15) is 35.3 Å². The molecule has 2 atom stereocenters. The monoisotopic (exact) mass is 580 g/mol. The lowest BCUT2D eigenvalue weighted by Crippen LogP contribution is -2.57. The first-order valence-corrected chi connectivity index (χ1v) is 12.6. The van der Waals surface area contributed by atoms with Crippen molar-refractivity contribution in [3.05, 3.63) is 74.8 Å². The Labute approximate surface area is 228 Å². The van der Waals surface area contributed by atoms with Gasteiger partial charge < -0.3 is 19.7 Å². The fourth-order valence-electron chi connectivity index (χ4n) is 4.70. The zero-order chi connectivity index (χ0) is 27.9. The average molecular weight is 581 g/mol. The highest BCUT2D eigenvalue weighted by Crippen LogP contribution is 2.48. The molecule has 2 aliphatic heterocycles. The van der Waals surface area contributed by atoms with Gasteiger partial charge in [-0.1, -0.05) is 17.7 Å². The second kappa shape index (κ2) is 10.3. The van der Waals surface area contributed by atoms with Crippen LogP contribution in [0.2, 0.25) is 5.02 Å². The maximum absolute atomic E-state index is 14.0. The van der Waals surface area contributed by atoms with Gasteiger partial charge in [0.05, 0.1) is 26.5 Å². The van der Waals surface area contributed by atoms with E-state index in [2.05, 4.69) is 15.4 Å². The van der Waals surface area contributed by atoms with Crippen molar-refractivity contribution < 1.29 is 32.2 Å². The molecule has 1 saturated heterocycles. The first-order valence-electron chi connectivity index (χ1n) is 11.4. The number of alkyl halides is 2. The molecule has 5 rings (SSSR count). The zero-order valence-electron chi connectivity index (χ0n) is 20.4. The topological polar surface area (TPSA) is 111 Å². The third kappa shape index (κ3) is 4.74. The van der Waals surface area contributed by atoms with E-state index < -0.39 is 36.0 Å². The lowest BCUT2D eigenvalue weighted by Gasteiger charge is -2.32. The molecule has 2 aromatic heterocycles. The van der Waals surface area contributed by atoms with E-state index >= 15 is 0 Å². The number of halogens is 4. The van der Waals surface area contributed by atoms with Crippen molar-refractivity contribution >= 4 is 46.4 Å². The van der Waals surface area contributed by atoms with Gasteiger partial charge >= 0.3 is 18.6 Å². The summed E-state index contributed by atoms with van der Waals surface area (Å²) in [5.74, 6) is -1.00. The van der Waals surface area contributed by atoms with Crippen molar-refractivity contribution in [3.63, 3.8) is 0 Å². The molecule has 4 heterocycles. The summed E-state index contributed by atoms with van der Waals surface area (Å²) in [5.41, 5.74) is -0.367. The normalized spacial score (nSPS) is 20.6. The number of amides is 1. The second-order valence-corrected chi connectivity index (χ2v) is 9.93. The van der Waals surface area contributed by atoms with Gasteiger partial charge in [-0.05, 0) is 18.2 Å². The molecule has 1 fully saturated rings. The molecule has 2 aliphatic rings. The van der Waals surface area contributed by atoms with Crippen molar-refractivity contribution in [2.75, 3.05) is 20.8 Å². The van der Waals surface area contributed by atoms with Crippen LogP contribution < -0.4 is 5.32 Å². The molecule has 10 nitrogen and oxygen atoms in total. The number of rotatable bonds is 6. The predicted octanol–water partition coefficient (Wildman–Crippen LogP) is 4.41. The van der Waals surface area contributed by atoms with Gasteiger partial charge in [-0.2, -0.15) is 13.9 Å². The minimum Gasteiger partial charge on any atom is -0.467 e. The molecule has 0 radical (unpaired) electrons. The van der Waals surface area contributed by atoms with Crippen LogP contribution in [0.25, 0.3) is 5.57 Å².